The van der Waals surface area contributed by atoms with E-state index in [1.807, 2.05) is 6.07 Å². The van der Waals surface area contributed by atoms with E-state index in [0.717, 1.165) is 18.5 Å². The quantitative estimate of drug-likeness (QED) is 0.784. The minimum absolute atomic E-state index is 0.192. The van der Waals surface area contributed by atoms with Gasteiger partial charge in [-0.25, -0.2) is 4.39 Å². The van der Waals surface area contributed by atoms with Crippen LogP contribution in [0.1, 0.15) is 49.1 Å². The Hall–Kier alpha value is -1.59. The summed E-state index contributed by atoms with van der Waals surface area (Å²) in [7, 11) is 0. The molecule has 5 heteroatoms. The molecule has 1 unspecified atom stereocenters. The maximum Gasteiger partial charge on any atom is 0.127 e. The van der Waals surface area contributed by atoms with Crippen LogP contribution in [0.2, 0.25) is 0 Å². The Morgan fingerprint density at radius 1 is 1.22 bits per heavy atom. The molecule has 1 heterocycles. The smallest absolute Gasteiger partial charge is 0.127 e. The number of nitrogens with zero attached hydrogens (tertiary/aromatic N) is 1. The molecule has 0 saturated heterocycles. The number of pyridine rings is 1. The van der Waals surface area contributed by atoms with E-state index in [-0.39, 0.29) is 11.3 Å². The molecule has 0 spiro atoms. The molecule has 122 valence electrons. The van der Waals surface area contributed by atoms with Gasteiger partial charge in [-0.2, -0.15) is 0 Å². The van der Waals surface area contributed by atoms with Gasteiger partial charge in [-0.1, -0.05) is 48.5 Å². The summed E-state index contributed by atoms with van der Waals surface area (Å²) in [5.41, 5.74) is 2.89. The standard InChI is InChI=1S/C18H20FNO2S/c19-17-11-14(8-9-15(17)12-23(21)22)18-16(7-4-10-20-18)13-5-2-1-3-6-13/h4,7-11,13H,1-3,5-6,12H2,(H,21,22)/p-1. The largest absolute Gasteiger partial charge is 0.772 e. The van der Waals surface area contributed by atoms with Gasteiger partial charge >= 0.3 is 0 Å². The first-order valence-corrected chi connectivity index (χ1v) is 9.19. The monoisotopic (exact) mass is 332 g/mol. The molecule has 1 saturated carbocycles. The predicted molar refractivity (Wildman–Crippen MR) is 88.1 cm³/mol. The molecule has 1 fully saturated rings. The molecule has 0 aliphatic heterocycles. The Balaban J connectivity index is 1.95. The zero-order chi connectivity index (χ0) is 16.2. The Morgan fingerprint density at radius 3 is 2.70 bits per heavy atom. The highest BCUT2D eigenvalue weighted by Crippen LogP contribution is 2.37. The van der Waals surface area contributed by atoms with Gasteiger partial charge in [-0.3, -0.25) is 9.19 Å². The molecule has 1 aliphatic carbocycles. The van der Waals surface area contributed by atoms with E-state index in [0.29, 0.717) is 11.5 Å². The normalized spacial score (nSPS) is 17.1. The minimum Gasteiger partial charge on any atom is -0.772 e. The van der Waals surface area contributed by atoms with Crippen LogP contribution in [0.15, 0.2) is 36.5 Å². The Morgan fingerprint density at radius 2 is 2.00 bits per heavy atom. The summed E-state index contributed by atoms with van der Waals surface area (Å²) in [4.78, 5) is 4.47. The lowest BCUT2D eigenvalue weighted by Crippen LogP contribution is -2.07. The van der Waals surface area contributed by atoms with Crippen molar-refractivity contribution >= 4 is 11.1 Å². The van der Waals surface area contributed by atoms with Crippen LogP contribution in [-0.2, 0) is 16.8 Å². The summed E-state index contributed by atoms with van der Waals surface area (Å²) in [6.45, 7) is 0. The third-order valence-corrected chi connectivity index (χ3v) is 5.03. The number of benzene rings is 1. The van der Waals surface area contributed by atoms with Crippen LogP contribution < -0.4 is 0 Å². The molecular weight excluding hydrogens is 313 g/mol. The molecule has 1 aromatic carbocycles. The first-order valence-electron chi connectivity index (χ1n) is 7.94. The summed E-state index contributed by atoms with van der Waals surface area (Å²) >= 11 is -2.29. The number of rotatable bonds is 4. The highest BCUT2D eigenvalue weighted by molar-refractivity contribution is 7.78. The number of hydrogen-bond acceptors (Lipinski definition) is 3. The van der Waals surface area contributed by atoms with E-state index in [1.165, 1.54) is 30.9 Å². The van der Waals surface area contributed by atoms with E-state index < -0.39 is 16.9 Å². The van der Waals surface area contributed by atoms with Crippen molar-refractivity contribution in [3.8, 4) is 11.3 Å². The Labute approximate surface area is 138 Å². The average Bonchev–Trinajstić information content (AvgIpc) is 2.57. The molecule has 1 atom stereocenters. The molecule has 0 bridgehead atoms. The highest BCUT2D eigenvalue weighted by atomic mass is 32.2. The SMILES string of the molecule is O=S([O-])Cc1ccc(-c2ncccc2C2CCCCC2)cc1F. The zero-order valence-corrected chi connectivity index (χ0v) is 13.7. The summed E-state index contributed by atoms with van der Waals surface area (Å²) < 4.78 is 35.7. The van der Waals surface area contributed by atoms with Gasteiger partial charge in [-0.05, 0) is 42.0 Å². The molecule has 0 amide bonds. The van der Waals surface area contributed by atoms with Crippen LogP contribution in [0.3, 0.4) is 0 Å². The second-order valence-corrected chi connectivity index (χ2v) is 6.93. The van der Waals surface area contributed by atoms with Gasteiger partial charge in [0.05, 0.1) is 5.69 Å². The number of aromatic nitrogens is 1. The first kappa shape index (κ1) is 16.3. The predicted octanol–water partition coefficient (Wildman–Crippen LogP) is 4.31. The fourth-order valence-electron chi connectivity index (χ4n) is 3.34. The molecule has 0 N–H and O–H groups in total. The second-order valence-electron chi connectivity index (χ2n) is 6.03. The second kappa shape index (κ2) is 7.32. The Bertz CT molecular complexity index is 714. The van der Waals surface area contributed by atoms with E-state index in [1.54, 1.807) is 18.3 Å². The van der Waals surface area contributed by atoms with E-state index in [4.69, 9.17) is 0 Å². The lowest BCUT2D eigenvalue weighted by atomic mass is 9.82. The molecule has 1 aromatic heterocycles. The fraction of sp³-hybridized carbons (Fsp3) is 0.389. The zero-order valence-electron chi connectivity index (χ0n) is 12.8. The highest BCUT2D eigenvalue weighted by Gasteiger charge is 2.20. The molecule has 0 radical (unpaired) electrons. The van der Waals surface area contributed by atoms with Crippen LogP contribution in [-0.4, -0.2) is 13.7 Å². The van der Waals surface area contributed by atoms with Crippen molar-refractivity contribution < 1.29 is 13.2 Å². The lowest BCUT2D eigenvalue weighted by Gasteiger charge is -2.24. The lowest BCUT2D eigenvalue weighted by molar-refractivity contribution is 0.443. The summed E-state index contributed by atoms with van der Waals surface area (Å²) in [5, 5.41) is 0. The number of hydrogen-bond donors (Lipinski definition) is 0. The molecule has 2 aromatic rings. The van der Waals surface area contributed by atoms with Crippen LogP contribution in [0, 0.1) is 5.82 Å². The van der Waals surface area contributed by atoms with E-state index >= 15 is 0 Å². The molecular formula is C18H19FNO2S-. The minimum atomic E-state index is -2.29. The molecule has 1 aliphatic rings. The summed E-state index contributed by atoms with van der Waals surface area (Å²) in [5.74, 6) is -0.319. The van der Waals surface area contributed by atoms with Crippen molar-refractivity contribution in [1.82, 2.24) is 4.98 Å². The van der Waals surface area contributed by atoms with Gasteiger partial charge in [0, 0.05) is 17.5 Å². The van der Waals surface area contributed by atoms with Crippen molar-refractivity contribution in [2.24, 2.45) is 0 Å². The van der Waals surface area contributed by atoms with Crippen LogP contribution in [0.5, 0.6) is 0 Å². The van der Waals surface area contributed by atoms with Gasteiger partial charge in [-0.15, -0.1) is 0 Å². The van der Waals surface area contributed by atoms with Crippen LogP contribution >= 0.6 is 0 Å². The Kier molecular flexibility index (Phi) is 5.18. The van der Waals surface area contributed by atoms with Gasteiger partial charge in [0.1, 0.15) is 5.82 Å². The van der Waals surface area contributed by atoms with Crippen molar-refractivity contribution in [2.45, 2.75) is 43.8 Å². The summed E-state index contributed by atoms with van der Waals surface area (Å²) in [6.07, 6.45) is 7.74. The van der Waals surface area contributed by atoms with Gasteiger partial charge in [0.15, 0.2) is 0 Å². The van der Waals surface area contributed by atoms with Gasteiger partial charge in [0.2, 0.25) is 0 Å². The van der Waals surface area contributed by atoms with Gasteiger partial charge < -0.3 is 4.55 Å². The van der Waals surface area contributed by atoms with Crippen molar-refractivity contribution in [3.63, 3.8) is 0 Å². The van der Waals surface area contributed by atoms with Crippen molar-refractivity contribution in [3.05, 3.63) is 53.5 Å². The van der Waals surface area contributed by atoms with Gasteiger partial charge in [0.25, 0.3) is 0 Å². The van der Waals surface area contributed by atoms with Crippen molar-refractivity contribution in [2.75, 3.05) is 0 Å². The first-order chi connectivity index (χ1) is 11.1. The molecule has 3 rings (SSSR count). The van der Waals surface area contributed by atoms with E-state index in [9.17, 15) is 13.2 Å². The molecule has 23 heavy (non-hydrogen) atoms. The topological polar surface area (TPSA) is 53.0 Å². The van der Waals surface area contributed by atoms with Crippen LogP contribution in [0.25, 0.3) is 11.3 Å². The fourth-order valence-corrected chi connectivity index (χ4v) is 3.83. The maximum absolute atomic E-state index is 14.2. The maximum atomic E-state index is 14.2. The third-order valence-electron chi connectivity index (χ3n) is 4.48. The van der Waals surface area contributed by atoms with Crippen molar-refractivity contribution in [1.29, 1.82) is 0 Å². The average molecular weight is 332 g/mol. The molecule has 3 nitrogen and oxygen atoms in total. The van der Waals surface area contributed by atoms with Crippen LogP contribution in [0.4, 0.5) is 4.39 Å². The van der Waals surface area contributed by atoms with E-state index in [2.05, 4.69) is 11.1 Å². The third kappa shape index (κ3) is 3.85. The summed E-state index contributed by atoms with van der Waals surface area (Å²) in [6, 6.07) is 8.71. The number of halogens is 1.